The predicted molar refractivity (Wildman–Crippen MR) is 81.2 cm³/mol. The molecule has 11 heteroatoms. The first kappa shape index (κ1) is 17.8. The number of benzene rings is 1. The van der Waals surface area contributed by atoms with Crippen molar-refractivity contribution < 1.29 is 31.3 Å². The number of carbonyl (C=O) groups is 1. The molecule has 0 heterocycles. The standard InChI is InChI=1S/C9H7F2I2NO5S/c10-9(11,20(16,17)18)3-19-8(15)5-1-4(12)2-6(13)7(5)14/h1-2H,3,14H2,(H,16,17,18)/p-1. The highest BCUT2D eigenvalue weighted by atomic mass is 127. The largest absolute Gasteiger partial charge is 0.743 e. The number of nitrogen functional groups attached to an aromatic ring is 1. The van der Waals surface area contributed by atoms with Crippen LogP contribution in [0.2, 0.25) is 0 Å². The highest BCUT2D eigenvalue weighted by molar-refractivity contribution is 14.1. The zero-order valence-electron chi connectivity index (χ0n) is 9.40. The van der Waals surface area contributed by atoms with Crippen LogP contribution < -0.4 is 5.73 Å². The molecule has 0 aliphatic carbocycles. The van der Waals surface area contributed by atoms with Gasteiger partial charge in [0.2, 0.25) is 0 Å². The molecule has 1 aromatic rings. The van der Waals surface area contributed by atoms with Gasteiger partial charge in [-0.15, -0.1) is 0 Å². The second-order valence-corrected chi connectivity index (χ2v) is 7.43. The summed E-state index contributed by atoms with van der Waals surface area (Å²) in [4.78, 5) is 11.6. The van der Waals surface area contributed by atoms with E-state index >= 15 is 0 Å². The van der Waals surface area contributed by atoms with E-state index in [1.54, 1.807) is 6.07 Å². The molecule has 0 bridgehead atoms. The molecule has 2 N–H and O–H groups in total. The fraction of sp³-hybridized carbons (Fsp3) is 0.222. The minimum Gasteiger partial charge on any atom is -0.743 e. The van der Waals surface area contributed by atoms with Crippen molar-refractivity contribution in [1.82, 2.24) is 0 Å². The summed E-state index contributed by atoms with van der Waals surface area (Å²) in [5.74, 6) is -1.23. The zero-order valence-corrected chi connectivity index (χ0v) is 14.5. The Labute approximate surface area is 140 Å². The molecule has 0 unspecified atom stereocenters. The Bertz CT molecular complexity index is 650. The summed E-state index contributed by atoms with van der Waals surface area (Å²) in [7, 11) is -5.90. The Balaban J connectivity index is 2.94. The molecule has 0 aliphatic heterocycles. The third-order valence-electron chi connectivity index (χ3n) is 2.05. The first-order valence-electron chi connectivity index (χ1n) is 4.70. The smallest absolute Gasteiger partial charge is 0.367 e. The number of carbonyl (C=O) groups excluding carboxylic acids is 1. The van der Waals surface area contributed by atoms with Crippen LogP contribution in [0.25, 0.3) is 0 Å². The molecule has 112 valence electrons. The van der Waals surface area contributed by atoms with Gasteiger partial charge in [0, 0.05) is 7.14 Å². The highest BCUT2D eigenvalue weighted by Gasteiger charge is 2.39. The number of rotatable bonds is 4. The van der Waals surface area contributed by atoms with E-state index in [1.165, 1.54) is 6.07 Å². The molecule has 0 aliphatic rings. The summed E-state index contributed by atoms with van der Waals surface area (Å²) in [6.07, 6.45) is 0. The number of esters is 1. The van der Waals surface area contributed by atoms with Gasteiger partial charge in [-0.2, -0.15) is 8.78 Å². The Morgan fingerprint density at radius 1 is 1.40 bits per heavy atom. The number of hydrogen-bond donors (Lipinski definition) is 1. The van der Waals surface area contributed by atoms with E-state index in [0.717, 1.165) is 0 Å². The average Bonchev–Trinajstić information content (AvgIpc) is 2.29. The van der Waals surface area contributed by atoms with E-state index in [0.29, 0.717) is 7.14 Å². The summed E-state index contributed by atoms with van der Waals surface area (Å²) in [5.41, 5.74) is 5.44. The van der Waals surface area contributed by atoms with Gasteiger partial charge < -0.3 is 15.0 Å². The van der Waals surface area contributed by atoms with E-state index in [4.69, 9.17) is 5.73 Å². The van der Waals surface area contributed by atoms with E-state index in [1.807, 2.05) is 45.2 Å². The van der Waals surface area contributed by atoms with Crippen LogP contribution in [-0.4, -0.2) is 30.8 Å². The molecule has 0 amide bonds. The molecule has 0 saturated heterocycles. The fourth-order valence-corrected chi connectivity index (χ4v) is 3.10. The number of nitrogens with two attached hydrogens (primary N) is 1. The maximum atomic E-state index is 12.9. The molecule has 0 atom stereocenters. The quantitative estimate of drug-likeness (QED) is 0.274. The van der Waals surface area contributed by atoms with E-state index in [-0.39, 0.29) is 11.3 Å². The molecule has 0 saturated carbocycles. The molecule has 1 rings (SSSR count). The Kier molecular flexibility index (Phi) is 5.53. The van der Waals surface area contributed by atoms with Crippen molar-refractivity contribution in [2.75, 3.05) is 12.3 Å². The van der Waals surface area contributed by atoms with Gasteiger partial charge in [-0.3, -0.25) is 0 Å². The van der Waals surface area contributed by atoms with Crippen LogP contribution in [0.3, 0.4) is 0 Å². The van der Waals surface area contributed by atoms with Gasteiger partial charge >= 0.3 is 11.2 Å². The molecule has 1 aromatic carbocycles. The lowest BCUT2D eigenvalue weighted by Gasteiger charge is -2.19. The third-order valence-corrected chi connectivity index (χ3v) is 4.42. The Morgan fingerprint density at radius 2 is 1.95 bits per heavy atom. The van der Waals surface area contributed by atoms with Crippen LogP contribution in [0.15, 0.2) is 12.1 Å². The van der Waals surface area contributed by atoms with Gasteiger partial charge in [0.15, 0.2) is 16.7 Å². The van der Waals surface area contributed by atoms with Crippen molar-refractivity contribution in [2.24, 2.45) is 0 Å². The SMILES string of the molecule is Nc1c(I)cc(I)cc1C(=O)OCC(F)(F)S(=O)(=O)[O-]. The second kappa shape index (κ2) is 6.23. The van der Waals surface area contributed by atoms with Crippen molar-refractivity contribution in [3.8, 4) is 0 Å². The molecule has 0 aromatic heterocycles. The van der Waals surface area contributed by atoms with Crippen molar-refractivity contribution in [3.05, 3.63) is 24.8 Å². The molecular weight excluding hydrogens is 526 g/mol. The summed E-state index contributed by atoms with van der Waals surface area (Å²) in [5, 5.41) is -4.69. The average molecular weight is 532 g/mol. The number of anilines is 1. The van der Waals surface area contributed by atoms with Gasteiger partial charge in [0.1, 0.15) is 0 Å². The number of hydrogen-bond acceptors (Lipinski definition) is 6. The van der Waals surface area contributed by atoms with Crippen molar-refractivity contribution in [3.63, 3.8) is 0 Å². The first-order chi connectivity index (χ1) is 8.95. The Hall–Kier alpha value is -0.280. The van der Waals surface area contributed by atoms with Crippen LogP contribution in [0.5, 0.6) is 0 Å². The highest BCUT2D eigenvalue weighted by Crippen LogP contribution is 2.25. The lowest BCUT2D eigenvalue weighted by molar-refractivity contribution is -0.00991. The summed E-state index contributed by atoms with van der Waals surface area (Å²) in [6.45, 7) is -1.86. The normalized spacial score (nSPS) is 12.2. The van der Waals surface area contributed by atoms with Crippen LogP contribution in [-0.2, 0) is 14.9 Å². The predicted octanol–water partition coefficient (Wildman–Crippen LogP) is 1.77. The van der Waals surface area contributed by atoms with Crippen molar-refractivity contribution >= 4 is 67.0 Å². The molecule has 0 radical (unpaired) electrons. The molecular formula is C9H6F2I2NO5S-. The summed E-state index contributed by atoms with van der Waals surface area (Å²) in [6, 6.07) is 2.94. The van der Waals surface area contributed by atoms with E-state index in [2.05, 4.69) is 4.74 Å². The first-order valence-corrected chi connectivity index (χ1v) is 8.27. The lowest BCUT2D eigenvalue weighted by Crippen LogP contribution is -2.34. The van der Waals surface area contributed by atoms with Gasteiger partial charge in [0.25, 0.3) is 0 Å². The van der Waals surface area contributed by atoms with E-state index < -0.39 is 27.9 Å². The second-order valence-electron chi connectivity index (χ2n) is 3.52. The maximum Gasteiger partial charge on any atom is 0.367 e. The van der Waals surface area contributed by atoms with Gasteiger partial charge in [-0.1, -0.05) is 0 Å². The molecule has 20 heavy (non-hydrogen) atoms. The zero-order chi connectivity index (χ0) is 15.7. The van der Waals surface area contributed by atoms with E-state index in [9.17, 15) is 26.5 Å². The summed E-state index contributed by atoms with van der Waals surface area (Å²) >= 11 is 3.71. The minimum absolute atomic E-state index is 0.0179. The monoisotopic (exact) mass is 532 g/mol. The molecule has 0 spiro atoms. The Morgan fingerprint density at radius 3 is 2.45 bits per heavy atom. The van der Waals surface area contributed by atoms with Crippen LogP contribution >= 0.6 is 45.2 Å². The minimum atomic E-state index is -5.90. The molecule has 0 fully saturated rings. The van der Waals surface area contributed by atoms with Gasteiger partial charge in [-0.05, 0) is 57.3 Å². The van der Waals surface area contributed by atoms with Gasteiger partial charge in [0.05, 0.1) is 11.3 Å². The lowest BCUT2D eigenvalue weighted by atomic mass is 10.2. The van der Waals surface area contributed by atoms with Crippen LogP contribution in [0.1, 0.15) is 10.4 Å². The number of ether oxygens (including phenoxy) is 1. The fourth-order valence-electron chi connectivity index (χ4n) is 1.05. The van der Waals surface area contributed by atoms with Crippen LogP contribution in [0.4, 0.5) is 14.5 Å². The van der Waals surface area contributed by atoms with Crippen molar-refractivity contribution in [1.29, 1.82) is 0 Å². The molecule has 6 nitrogen and oxygen atoms in total. The topological polar surface area (TPSA) is 110 Å². The van der Waals surface area contributed by atoms with Gasteiger partial charge in [-0.25, -0.2) is 13.2 Å². The number of halogens is 4. The summed E-state index contributed by atoms with van der Waals surface area (Å²) < 4.78 is 61.7. The van der Waals surface area contributed by atoms with Crippen LogP contribution in [0, 0.1) is 7.14 Å². The maximum absolute atomic E-state index is 12.9. The van der Waals surface area contributed by atoms with Crippen molar-refractivity contribution in [2.45, 2.75) is 5.25 Å². The third kappa shape index (κ3) is 4.11. The number of alkyl halides is 2.